The highest BCUT2D eigenvalue weighted by atomic mass is 19.4. The Balaban J connectivity index is 2.78. The van der Waals surface area contributed by atoms with Gasteiger partial charge in [-0.15, -0.1) is 0 Å². The van der Waals surface area contributed by atoms with Crippen LogP contribution in [0.3, 0.4) is 0 Å². The largest absolute Gasteiger partial charge is 0.468 e. The fraction of sp³-hybridized carbons (Fsp3) is 0.364. The quantitative estimate of drug-likeness (QED) is 0.750. The van der Waals surface area contributed by atoms with Gasteiger partial charge in [0.2, 0.25) is 0 Å². The number of hydrogen-bond acceptors (Lipinski definition) is 3. The van der Waals surface area contributed by atoms with Gasteiger partial charge >= 0.3 is 6.18 Å². The van der Waals surface area contributed by atoms with Crippen LogP contribution in [0.2, 0.25) is 0 Å². The zero-order valence-electron chi connectivity index (χ0n) is 9.03. The molecule has 3 nitrogen and oxygen atoms in total. The van der Waals surface area contributed by atoms with Crippen LogP contribution in [0, 0.1) is 7.11 Å². The summed E-state index contributed by atoms with van der Waals surface area (Å²) in [6, 6.07) is 5.23. The molecule has 0 spiro atoms. The van der Waals surface area contributed by atoms with Crippen molar-refractivity contribution in [2.24, 2.45) is 0 Å². The molecule has 0 heterocycles. The monoisotopic (exact) mass is 248 g/mol. The minimum Gasteiger partial charge on any atom is -0.468 e. The number of rotatable bonds is 5. The van der Waals surface area contributed by atoms with Crippen LogP contribution in [0.15, 0.2) is 24.3 Å². The van der Waals surface area contributed by atoms with Gasteiger partial charge in [-0.2, -0.15) is 13.2 Å². The summed E-state index contributed by atoms with van der Waals surface area (Å²) in [5, 5.41) is 0. The maximum Gasteiger partial charge on any atom is 0.418 e. The van der Waals surface area contributed by atoms with E-state index in [9.17, 15) is 13.2 Å². The van der Waals surface area contributed by atoms with E-state index in [-0.39, 0.29) is 12.4 Å². The lowest BCUT2D eigenvalue weighted by molar-refractivity contribution is -0.209. The van der Waals surface area contributed by atoms with Crippen LogP contribution >= 0.6 is 0 Å². The van der Waals surface area contributed by atoms with Crippen LogP contribution in [0.1, 0.15) is 11.7 Å². The second-order valence-electron chi connectivity index (χ2n) is 3.18. The van der Waals surface area contributed by atoms with Crippen molar-refractivity contribution in [2.45, 2.75) is 12.3 Å². The third-order valence-corrected chi connectivity index (χ3v) is 1.96. The van der Waals surface area contributed by atoms with Gasteiger partial charge in [0.1, 0.15) is 12.9 Å². The lowest BCUT2D eigenvalue weighted by Gasteiger charge is -2.18. The third-order valence-electron chi connectivity index (χ3n) is 1.96. The molecule has 17 heavy (non-hydrogen) atoms. The molecule has 0 aliphatic rings. The Morgan fingerprint density at radius 3 is 2.24 bits per heavy atom. The fourth-order valence-corrected chi connectivity index (χ4v) is 1.21. The van der Waals surface area contributed by atoms with E-state index < -0.39 is 12.3 Å². The SMILES string of the molecule is [CH]OC(c1ccc(OCOC)cc1)C(F)(F)F. The van der Waals surface area contributed by atoms with Gasteiger partial charge in [-0.05, 0) is 17.7 Å². The fourth-order valence-electron chi connectivity index (χ4n) is 1.21. The molecule has 0 saturated carbocycles. The summed E-state index contributed by atoms with van der Waals surface area (Å²) in [5.41, 5.74) is -0.0928. The van der Waals surface area contributed by atoms with Gasteiger partial charge in [-0.25, -0.2) is 0 Å². The van der Waals surface area contributed by atoms with E-state index in [1.807, 2.05) is 0 Å². The first-order valence-corrected chi connectivity index (χ1v) is 4.63. The maximum atomic E-state index is 12.5. The third kappa shape index (κ3) is 3.90. The van der Waals surface area contributed by atoms with Crippen molar-refractivity contribution >= 4 is 0 Å². The van der Waals surface area contributed by atoms with Crippen molar-refractivity contribution in [1.29, 1.82) is 0 Å². The van der Waals surface area contributed by atoms with E-state index in [1.165, 1.54) is 31.4 Å². The Hall–Kier alpha value is -1.27. The van der Waals surface area contributed by atoms with Crippen molar-refractivity contribution in [3.8, 4) is 5.75 Å². The molecule has 0 aliphatic carbocycles. The summed E-state index contributed by atoms with van der Waals surface area (Å²) in [6.07, 6.45) is -6.69. The van der Waals surface area contributed by atoms with Crippen molar-refractivity contribution in [2.75, 3.05) is 13.9 Å². The highest BCUT2D eigenvalue weighted by Gasteiger charge is 2.41. The average molecular weight is 248 g/mol. The first kappa shape index (κ1) is 13.8. The van der Waals surface area contributed by atoms with Crippen molar-refractivity contribution < 1.29 is 27.4 Å². The molecule has 2 radical (unpaired) electrons. The standard InChI is InChI=1S/C11H11F3O3/c1-15-7-17-9-5-3-8(4-6-9)10(16-2)11(12,13)14/h2-6,10H,7H2,1H3. The van der Waals surface area contributed by atoms with Crippen molar-refractivity contribution in [3.05, 3.63) is 36.9 Å². The van der Waals surface area contributed by atoms with Crippen LogP contribution in [-0.2, 0) is 9.47 Å². The molecule has 0 N–H and O–H groups in total. The summed E-state index contributed by atoms with van der Waals surface area (Å²) < 4.78 is 51.0. The molecule has 1 aromatic carbocycles. The predicted octanol–water partition coefficient (Wildman–Crippen LogP) is 2.96. The zero-order valence-corrected chi connectivity index (χ0v) is 9.03. The number of alkyl halides is 3. The molecular weight excluding hydrogens is 237 g/mol. The van der Waals surface area contributed by atoms with Crippen LogP contribution in [0.4, 0.5) is 13.2 Å². The summed E-state index contributed by atoms with van der Waals surface area (Å²) in [6.45, 7) is 0.0232. The Kier molecular flexibility index (Phi) is 4.77. The first-order chi connectivity index (χ1) is 7.99. The van der Waals surface area contributed by atoms with E-state index in [2.05, 4.69) is 16.6 Å². The lowest BCUT2D eigenvalue weighted by Crippen LogP contribution is -2.21. The summed E-state index contributed by atoms with van der Waals surface area (Å²) >= 11 is 0. The average Bonchev–Trinajstić information content (AvgIpc) is 2.27. The van der Waals surface area contributed by atoms with Crippen molar-refractivity contribution in [3.63, 3.8) is 0 Å². The van der Waals surface area contributed by atoms with Gasteiger partial charge in [-0.1, -0.05) is 12.1 Å². The molecule has 6 heteroatoms. The lowest BCUT2D eigenvalue weighted by atomic mass is 10.1. The van der Waals surface area contributed by atoms with E-state index in [1.54, 1.807) is 0 Å². The van der Waals surface area contributed by atoms with Gasteiger partial charge in [0.15, 0.2) is 12.9 Å². The molecule has 1 atom stereocenters. The van der Waals surface area contributed by atoms with Crippen LogP contribution in [0.25, 0.3) is 0 Å². The Bertz CT molecular complexity index is 335. The Morgan fingerprint density at radius 2 is 1.82 bits per heavy atom. The summed E-state index contributed by atoms with van der Waals surface area (Å²) in [5.74, 6) is 0.397. The minimum absolute atomic E-state index is 0.0232. The molecule has 0 saturated heterocycles. The number of benzene rings is 1. The maximum absolute atomic E-state index is 12.5. The predicted molar refractivity (Wildman–Crippen MR) is 53.1 cm³/mol. The summed E-state index contributed by atoms with van der Waals surface area (Å²) in [7, 11) is 6.08. The Morgan fingerprint density at radius 1 is 1.24 bits per heavy atom. The molecule has 0 aromatic heterocycles. The van der Waals surface area contributed by atoms with Gasteiger partial charge in [0, 0.05) is 7.11 Å². The van der Waals surface area contributed by atoms with E-state index in [0.717, 1.165) is 0 Å². The van der Waals surface area contributed by atoms with Gasteiger partial charge in [-0.3, -0.25) is 0 Å². The van der Waals surface area contributed by atoms with Gasteiger partial charge in [0.25, 0.3) is 0 Å². The normalized spacial score (nSPS) is 13.5. The smallest absolute Gasteiger partial charge is 0.418 e. The van der Waals surface area contributed by atoms with Crippen LogP contribution in [0.5, 0.6) is 5.75 Å². The summed E-state index contributed by atoms with van der Waals surface area (Å²) in [4.78, 5) is 0. The molecular formula is C11H11F3O3. The molecule has 1 aromatic rings. The number of hydrogen-bond donors (Lipinski definition) is 0. The first-order valence-electron chi connectivity index (χ1n) is 4.63. The zero-order chi connectivity index (χ0) is 12.9. The van der Waals surface area contributed by atoms with Gasteiger partial charge < -0.3 is 14.2 Å². The number of ether oxygens (including phenoxy) is 3. The highest BCUT2D eigenvalue weighted by Crippen LogP contribution is 2.35. The number of halogens is 3. The number of methoxy groups -OCH3 is 1. The van der Waals surface area contributed by atoms with E-state index in [0.29, 0.717) is 5.75 Å². The second-order valence-corrected chi connectivity index (χ2v) is 3.18. The topological polar surface area (TPSA) is 27.7 Å². The molecule has 0 amide bonds. The molecule has 1 rings (SSSR count). The van der Waals surface area contributed by atoms with Crippen LogP contribution in [-0.4, -0.2) is 20.1 Å². The minimum atomic E-state index is -4.55. The molecule has 1 unspecified atom stereocenters. The van der Waals surface area contributed by atoms with E-state index in [4.69, 9.17) is 4.74 Å². The molecule has 94 valence electrons. The van der Waals surface area contributed by atoms with Crippen LogP contribution < -0.4 is 4.74 Å². The Labute approximate surface area is 97.1 Å². The van der Waals surface area contributed by atoms with Gasteiger partial charge in [0.05, 0.1) is 0 Å². The van der Waals surface area contributed by atoms with Crippen molar-refractivity contribution in [1.82, 2.24) is 0 Å². The van der Waals surface area contributed by atoms with E-state index >= 15 is 0 Å². The molecule has 0 aliphatic heterocycles. The molecule has 0 fully saturated rings. The molecule has 0 bridgehead atoms. The second kappa shape index (κ2) is 5.88. The highest BCUT2D eigenvalue weighted by molar-refractivity contribution is 5.29.